The first-order chi connectivity index (χ1) is 13.6. The van der Waals surface area contributed by atoms with Crippen LogP contribution in [0.15, 0.2) is 30.5 Å². The number of esters is 1. The maximum absolute atomic E-state index is 12.9. The third-order valence-corrected chi connectivity index (χ3v) is 4.46. The topological polar surface area (TPSA) is 110 Å². The summed E-state index contributed by atoms with van der Waals surface area (Å²) in [6.45, 7) is 5.19. The van der Waals surface area contributed by atoms with Crippen molar-refractivity contribution in [2.24, 2.45) is 0 Å². The normalized spacial score (nSPS) is 13.4. The molecule has 8 nitrogen and oxygen atoms in total. The number of carbonyl (C=O) groups excluding carboxylic acids is 3. The zero-order chi connectivity index (χ0) is 21.6. The van der Waals surface area contributed by atoms with Gasteiger partial charge in [0.05, 0.1) is 7.11 Å². The molecule has 0 aliphatic heterocycles. The lowest BCUT2D eigenvalue weighted by Gasteiger charge is -2.24. The zero-order valence-electron chi connectivity index (χ0n) is 16.9. The van der Waals surface area contributed by atoms with E-state index in [0.717, 1.165) is 16.5 Å². The van der Waals surface area contributed by atoms with E-state index in [1.54, 1.807) is 27.0 Å². The van der Waals surface area contributed by atoms with Crippen LogP contribution in [0.4, 0.5) is 4.79 Å². The molecule has 0 saturated carbocycles. The summed E-state index contributed by atoms with van der Waals surface area (Å²) in [5.74, 6) is -1.09. The Hall–Kier alpha value is -2.68. The number of nitrogens with one attached hydrogen (secondary N) is 3. The molecule has 3 N–H and O–H groups in total. The van der Waals surface area contributed by atoms with Gasteiger partial charge in [-0.05, 0) is 32.4 Å². The van der Waals surface area contributed by atoms with Crippen molar-refractivity contribution in [1.29, 1.82) is 0 Å². The molecule has 0 aliphatic carbocycles. The molecule has 1 aromatic carbocycles. The maximum Gasteiger partial charge on any atom is 0.408 e. The first-order valence-corrected chi connectivity index (χ1v) is 9.81. The summed E-state index contributed by atoms with van der Waals surface area (Å²) in [6, 6.07) is 5.75. The largest absolute Gasteiger partial charge is 0.467 e. The first-order valence-electron chi connectivity index (χ1n) is 9.18. The molecule has 2 amide bonds. The lowest BCUT2D eigenvalue weighted by molar-refractivity contribution is -0.144. The fourth-order valence-corrected chi connectivity index (χ4v) is 3.01. The number of para-hydroxylation sites is 1. The van der Waals surface area contributed by atoms with Gasteiger partial charge in [-0.25, -0.2) is 9.59 Å². The minimum Gasteiger partial charge on any atom is -0.467 e. The number of benzene rings is 1. The molecule has 0 bridgehead atoms. The van der Waals surface area contributed by atoms with Crippen LogP contribution in [0, 0.1) is 0 Å². The van der Waals surface area contributed by atoms with Crippen LogP contribution in [0.3, 0.4) is 0 Å². The Bertz CT molecular complexity index is 874. The summed E-state index contributed by atoms with van der Waals surface area (Å²) in [4.78, 5) is 40.1. The van der Waals surface area contributed by atoms with Crippen molar-refractivity contribution in [2.45, 2.75) is 44.9 Å². The monoisotopic (exact) mass is 421 g/mol. The van der Waals surface area contributed by atoms with E-state index in [9.17, 15) is 14.4 Å². The molecule has 0 fully saturated rings. The fraction of sp³-hybridized carbons (Fsp3) is 0.450. The highest BCUT2D eigenvalue weighted by atomic mass is 32.1. The third kappa shape index (κ3) is 6.42. The number of aromatic nitrogens is 1. The number of thiol groups is 1. The number of aromatic amines is 1. The molecule has 29 heavy (non-hydrogen) atoms. The second kappa shape index (κ2) is 9.69. The summed E-state index contributed by atoms with van der Waals surface area (Å²) in [7, 11) is 1.23. The van der Waals surface area contributed by atoms with Gasteiger partial charge < -0.3 is 25.1 Å². The Morgan fingerprint density at radius 1 is 1.14 bits per heavy atom. The number of hydrogen-bond donors (Lipinski definition) is 4. The first kappa shape index (κ1) is 22.6. The number of hydrogen-bond acceptors (Lipinski definition) is 6. The molecule has 2 rings (SSSR count). The number of ether oxygens (including phenoxy) is 2. The van der Waals surface area contributed by atoms with Gasteiger partial charge in [0.15, 0.2) is 0 Å². The Morgan fingerprint density at radius 2 is 1.83 bits per heavy atom. The third-order valence-electron chi connectivity index (χ3n) is 4.09. The number of fused-ring (bicyclic) bond motifs is 1. The van der Waals surface area contributed by atoms with Gasteiger partial charge in [-0.15, -0.1) is 0 Å². The molecule has 0 spiro atoms. The second-order valence-electron chi connectivity index (χ2n) is 7.53. The van der Waals surface area contributed by atoms with E-state index in [-0.39, 0.29) is 12.2 Å². The van der Waals surface area contributed by atoms with Crippen LogP contribution in [-0.2, 0) is 25.5 Å². The van der Waals surface area contributed by atoms with Crippen molar-refractivity contribution in [3.05, 3.63) is 36.0 Å². The SMILES string of the molecule is COC(=O)C(CS)NC(=O)C(Cc1c[nH]c2ccccc12)NC(=O)OC(C)(C)C. The Morgan fingerprint density at radius 3 is 2.45 bits per heavy atom. The number of methoxy groups -OCH3 is 1. The van der Waals surface area contributed by atoms with Gasteiger partial charge in [-0.1, -0.05) is 18.2 Å². The number of alkyl carbamates (subject to hydrolysis) is 1. The van der Waals surface area contributed by atoms with Crippen LogP contribution in [0.1, 0.15) is 26.3 Å². The van der Waals surface area contributed by atoms with E-state index in [2.05, 4.69) is 33.0 Å². The predicted molar refractivity (Wildman–Crippen MR) is 113 cm³/mol. The molecule has 2 aromatic rings. The molecule has 0 aliphatic rings. The van der Waals surface area contributed by atoms with Crippen molar-refractivity contribution >= 4 is 41.5 Å². The van der Waals surface area contributed by atoms with Crippen molar-refractivity contribution in [2.75, 3.05) is 12.9 Å². The number of rotatable bonds is 7. The Labute approximate surface area is 175 Å². The van der Waals surface area contributed by atoms with Crippen molar-refractivity contribution in [1.82, 2.24) is 15.6 Å². The minimum atomic E-state index is -0.962. The summed E-state index contributed by atoms with van der Waals surface area (Å²) < 4.78 is 9.96. The highest BCUT2D eigenvalue weighted by Gasteiger charge is 2.29. The molecule has 2 unspecified atom stereocenters. The molecule has 1 heterocycles. The molecule has 0 saturated heterocycles. The van der Waals surface area contributed by atoms with Gasteiger partial charge in [0.2, 0.25) is 5.91 Å². The van der Waals surface area contributed by atoms with Crippen LogP contribution in [0.5, 0.6) is 0 Å². The second-order valence-corrected chi connectivity index (χ2v) is 7.89. The number of amides is 2. The van der Waals surface area contributed by atoms with Gasteiger partial charge in [-0.2, -0.15) is 12.6 Å². The smallest absolute Gasteiger partial charge is 0.408 e. The average Bonchev–Trinajstić information content (AvgIpc) is 3.06. The zero-order valence-corrected chi connectivity index (χ0v) is 17.8. The number of carbonyl (C=O) groups is 3. The van der Waals surface area contributed by atoms with Gasteiger partial charge in [0, 0.05) is 29.3 Å². The minimum absolute atomic E-state index is 0.0602. The fourth-order valence-electron chi connectivity index (χ4n) is 2.77. The standard InChI is InChI=1S/C20H27N3O5S/c1-20(2,3)28-19(26)23-15(17(24)22-16(11-29)18(25)27-4)9-12-10-21-14-8-6-5-7-13(12)14/h5-8,10,15-16,21,29H,9,11H2,1-4H3,(H,22,24)(H,23,26). The van der Waals surface area contributed by atoms with E-state index in [1.807, 2.05) is 24.3 Å². The quantitative estimate of drug-likeness (QED) is 0.405. The molecular formula is C20H27N3O5S. The lowest BCUT2D eigenvalue weighted by Crippen LogP contribution is -2.53. The Kier molecular flexibility index (Phi) is 7.55. The van der Waals surface area contributed by atoms with Gasteiger partial charge in [0.25, 0.3) is 0 Å². The van der Waals surface area contributed by atoms with E-state index in [1.165, 1.54) is 7.11 Å². The molecule has 1 aromatic heterocycles. The summed E-state index contributed by atoms with van der Waals surface area (Å²) in [6.07, 6.45) is 1.27. The van der Waals surface area contributed by atoms with Crippen LogP contribution >= 0.6 is 12.6 Å². The highest BCUT2D eigenvalue weighted by molar-refractivity contribution is 7.80. The van der Waals surface area contributed by atoms with E-state index < -0.39 is 35.7 Å². The molecule has 0 radical (unpaired) electrons. The van der Waals surface area contributed by atoms with E-state index in [0.29, 0.717) is 0 Å². The van der Waals surface area contributed by atoms with Crippen molar-refractivity contribution < 1.29 is 23.9 Å². The molecule has 9 heteroatoms. The predicted octanol–water partition coefficient (Wildman–Crippen LogP) is 2.19. The summed E-state index contributed by atoms with van der Waals surface area (Å²) in [5.41, 5.74) is 1.05. The van der Waals surface area contributed by atoms with Crippen molar-refractivity contribution in [3.63, 3.8) is 0 Å². The Balaban J connectivity index is 2.23. The van der Waals surface area contributed by atoms with Crippen LogP contribution in [0.2, 0.25) is 0 Å². The molecule has 158 valence electrons. The maximum atomic E-state index is 12.9. The lowest BCUT2D eigenvalue weighted by atomic mass is 10.0. The summed E-state index contributed by atoms with van der Waals surface area (Å²) in [5, 5.41) is 6.11. The average molecular weight is 422 g/mol. The van der Waals surface area contributed by atoms with Gasteiger partial charge in [-0.3, -0.25) is 4.79 Å². The molecular weight excluding hydrogens is 394 g/mol. The van der Waals surface area contributed by atoms with Gasteiger partial charge >= 0.3 is 12.1 Å². The molecule has 2 atom stereocenters. The van der Waals surface area contributed by atoms with Gasteiger partial charge in [0.1, 0.15) is 17.7 Å². The van der Waals surface area contributed by atoms with Crippen LogP contribution in [0.25, 0.3) is 10.9 Å². The van der Waals surface area contributed by atoms with Crippen molar-refractivity contribution in [3.8, 4) is 0 Å². The highest BCUT2D eigenvalue weighted by Crippen LogP contribution is 2.19. The van der Waals surface area contributed by atoms with E-state index in [4.69, 9.17) is 4.74 Å². The van der Waals surface area contributed by atoms with E-state index >= 15 is 0 Å². The summed E-state index contributed by atoms with van der Waals surface area (Å²) >= 11 is 4.08. The van der Waals surface area contributed by atoms with Crippen LogP contribution in [-0.4, -0.2) is 53.5 Å². The number of H-pyrrole nitrogens is 1. The van der Waals surface area contributed by atoms with Crippen LogP contribution < -0.4 is 10.6 Å².